The predicted octanol–water partition coefficient (Wildman–Crippen LogP) is 5.72. The number of nitrogens with zero attached hydrogens (tertiary/aromatic N) is 2. The fourth-order valence-electron chi connectivity index (χ4n) is 4.95. The monoisotopic (exact) mass is 663 g/mol. The fraction of sp³-hybridized carbons (Fsp3) is 0.257. The zero-order valence-corrected chi connectivity index (χ0v) is 27.6. The molecule has 46 heavy (non-hydrogen) atoms. The highest BCUT2D eigenvalue weighted by molar-refractivity contribution is 7.92. The Hall–Kier alpha value is -4.54. The Morgan fingerprint density at radius 1 is 0.848 bits per heavy atom. The van der Waals surface area contributed by atoms with E-state index in [0.29, 0.717) is 29.3 Å². The van der Waals surface area contributed by atoms with Crippen molar-refractivity contribution in [1.82, 2.24) is 10.2 Å². The van der Waals surface area contributed by atoms with Gasteiger partial charge in [-0.25, -0.2) is 8.42 Å². The highest BCUT2D eigenvalue weighted by atomic mass is 35.5. The number of amides is 2. The molecule has 4 rings (SSSR count). The average molecular weight is 664 g/mol. The molecule has 0 radical (unpaired) electrons. The highest BCUT2D eigenvalue weighted by Crippen LogP contribution is 2.33. The third kappa shape index (κ3) is 8.38. The van der Waals surface area contributed by atoms with Crippen LogP contribution in [0.25, 0.3) is 0 Å². The number of carbonyl (C=O) groups is 2. The number of halogens is 1. The molecule has 2 amide bonds. The van der Waals surface area contributed by atoms with Crippen molar-refractivity contribution in [3.63, 3.8) is 0 Å². The third-order valence-electron chi connectivity index (χ3n) is 7.40. The standard InChI is InChI=1S/C35H38ClN3O6S/c1-4-22-37-35(41)32(23-26-12-6-5-7-13-26)38(24-27-14-8-9-15-30(27)36)34(40)25-39(31-16-10-11-17-33(31)45-3)46(42,43)29-20-18-28(44-2)19-21-29/h5-21,32H,4,22-25H2,1-3H3,(H,37,41). The molecule has 0 aromatic heterocycles. The molecule has 0 aliphatic heterocycles. The van der Waals surface area contributed by atoms with Crippen LogP contribution >= 0.6 is 11.6 Å². The smallest absolute Gasteiger partial charge is 0.264 e. The van der Waals surface area contributed by atoms with E-state index in [1.165, 1.54) is 43.4 Å². The molecular formula is C35H38ClN3O6S. The Kier molecular flexibility index (Phi) is 12.1. The second-order valence-corrected chi connectivity index (χ2v) is 12.7. The zero-order chi connectivity index (χ0) is 33.1. The summed E-state index contributed by atoms with van der Waals surface area (Å²) in [6.07, 6.45) is 0.899. The Morgan fingerprint density at radius 3 is 2.15 bits per heavy atom. The van der Waals surface area contributed by atoms with E-state index in [1.807, 2.05) is 37.3 Å². The highest BCUT2D eigenvalue weighted by Gasteiger charge is 2.35. The minimum absolute atomic E-state index is 0.0299. The summed E-state index contributed by atoms with van der Waals surface area (Å²) in [7, 11) is -1.40. The molecule has 0 aliphatic carbocycles. The molecule has 0 saturated carbocycles. The normalized spacial score (nSPS) is 11.7. The van der Waals surface area contributed by atoms with E-state index >= 15 is 0 Å². The van der Waals surface area contributed by atoms with E-state index in [0.717, 1.165) is 9.87 Å². The van der Waals surface area contributed by atoms with Gasteiger partial charge >= 0.3 is 0 Å². The lowest BCUT2D eigenvalue weighted by molar-refractivity contribution is -0.140. The van der Waals surface area contributed by atoms with Crippen molar-refractivity contribution in [2.45, 2.75) is 37.2 Å². The van der Waals surface area contributed by atoms with Crippen LogP contribution in [-0.4, -0.2) is 58.5 Å². The zero-order valence-electron chi connectivity index (χ0n) is 26.1. The Bertz CT molecular complexity index is 1720. The van der Waals surface area contributed by atoms with Gasteiger partial charge in [-0.3, -0.25) is 13.9 Å². The quantitative estimate of drug-likeness (QED) is 0.175. The summed E-state index contributed by atoms with van der Waals surface area (Å²) in [6.45, 7) is 1.70. The first-order valence-corrected chi connectivity index (χ1v) is 16.7. The number of ether oxygens (including phenoxy) is 2. The van der Waals surface area contributed by atoms with Crippen molar-refractivity contribution in [2.75, 3.05) is 31.6 Å². The topological polar surface area (TPSA) is 105 Å². The van der Waals surface area contributed by atoms with Gasteiger partial charge in [0.1, 0.15) is 24.1 Å². The molecule has 0 bridgehead atoms. The SMILES string of the molecule is CCCNC(=O)C(Cc1ccccc1)N(Cc1ccccc1Cl)C(=O)CN(c1ccccc1OC)S(=O)(=O)c1ccc(OC)cc1. The first-order chi connectivity index (χ1) is 22.2. The van der Waals surface area contributed by atoms with Gasteiger partial charge in [0, 0.05) is 24.5 Å². The van der Waals surface area contributed by atoms with Crippen LogP contribution in [0.1, 0.15) is 24.5 Å². The van der Waals surface area contributed by atoms with E-state index in [4.69, 9.17) is 21.1 Å². The van der Waals surface area contributed by atoms with Crippen molar-refractivity contribution in [1.29, 1.82) is 0 Å². The van der Waals surface area contributed by atoms with Crippen LogP contribution in [0.3, 0.4) is 0 Å². The van der Waals surface area contributed by atoms with Crippen LogP contribution in [0.5, 0.6) is 11.5 Å². The van der Waals surface area contributed by atoms with Crippen LogP contribution in [0.15, 0.2) is 108 Å². The van der Waals surface area contributed by atoms with Crippen LogP contribution in [0.4, 0.5) is 5.69 Å². The number of nitrogens with one attached hydrogen (secondary N) is 1. The Labute approximate surface area is 275 Å². The van der Waals surface area contributed by atoms with E-state index in [1.54, 1.807) is 48.5 Å². The summed E-state index contributed by atoms with van der Waals surface area (Å²) in [6, 6.07) is 27.9. The number of methoxy groups -OCH3 is 2. The number of rotatable bonds is 15. The molecule has 1 unspecified atom stereocenters. The van der Waals surface area contributed by atoms with E-state index in [-0.39, 0.29) is 35.2 Å². The first kappa shape index (κ1) is 34.3. The summed E-state index contributed by atoms with van der Waals surface area (Å²) in [5.41, 5.74) is 1.62. The second-order valence-electron chi connectivity index (χ2n) is 10.5. The van der Waals surface area contributed by atoms with Gasteiger partial charge < -0.3 is 19.7 Å². The number of benzene rings is 4. The summed E-state index contributed by atoms with van der Waals surface area (Å²) < 4.78 is 40.3. The fourth-order valence-corrected chi connectivity index (χ4v) is 6.57. The maximum absolute atomic E-state index is 14.6. The summed E-state index contributed by atoms with van der Waals surface area (Å²) in [5.74, 6) is -0.221. The van der Waals surface area contributed by atoms with E-state index < -0.39 is 28.5 Å². The molecule has 4 aromatic carbocycles. The Balaban J connectivity index is 1.83. The molecule has 242 valence electrons. The average Bonchev–Trinajstić information content (AvgIpc) is 3.08. The minimum Gasteiger partial charge on any atom is -0.497 e. The van der Waals surface area contributed by atoms with Gasteiger partial charge in [0.25, 0.3) is 10.0 Å². The molecule has 0 saturated heterocycles. The number of sulfonamides is 1. The largest absolute Gasteiger partial charge is 0.497 e. The van der Waals surface area contributed by atoms with Gasteiger partial charge in [-0.05, 0) is 60.0 Å². The predicted molar refractivity (Wildman–Crippen MR) is 180 cm³/mol. The number of hydrogen-bond donors (Lipinski definition) is 1. The van der Waals surface area contributed by atoms with Crippen molar-refractivity contribution in [3.8, 4) is 11.5 Å². The molecule has 0 fully saturated rings. The molecule has 0 aliphatic rings. The minimum atomic E-state index is -4.32. The summed E-state index contributed by atoms with van der Waals surface area (Å²) in [4.78, 5) is 29.7. The lowest BCUT2D eigenvalue weighted by atomic mass is 10.0. The molecule has 1 atom stereocenters. The molecule has 11 heteroatoms. The summed E-state index contributed by atoms with van der Waals surface area (Å²) in [5, 5.41) is 3.35. The van der Waals surface area contributed by atoms with Crippen molar-refractivity contribution >= 4 is 39.1 Å². The van der Waals surface area contributed by atoms with Gasteiger partial charge in [-0.15, -0.1) is 0 Å². The number of hydrogen-bond acceptors (Lipinski definition) is 6. The van der Waals surface area contributed by atoms with Gasteiger partial charge in [0.05, 0.1) is 24.8 Å². The van der Waals surface area contributed by atoms with Crippen LogP contribution < -0.4 is 19.1 Å². The molecule has 0 heterocycles. The molecule has 1 N–H and O–H groups in total. The molecule has 9 nitrogen and oxygen atoms in total. The summed E-state index contributed by atoms with van der Waals surface area (Å²) >= 11 is 6.55. The van der Waals surface area contributed by atoms with E-state index in [9.17, 15) is 18.0 Å². The van der Waals surface area contributed by atoms with E-state index in [2.05, 4.69) is 5.32 Å². The lowest BCUT2D eigenvalue weighted by Gasteiger charge is -2.34. The third-order valence-corrected chi connectivity index (χ3v) is 9.54. The molecule has 0 spiro atoms. The maximum atomic E-state index is 14.6. The van der Waals surface area contributed by atoms with Gasteiger partial charge in [0.15, 0.2) is 0 Å². The lowest BCUT2D eigenvalue weighted by Crippen LogP contribution is -2.53. The second kappa shape index (κ2) is 16.1. The van der Waals surface area contributed by atoms with Crippen molar-refractivity contribution in [3.05, 3.63) is 119 Å². The van der Waals surface area contributed by atoms with Crippen LogP contribution in [0, 0.1) is 0 Å². The van der Waals surface area contributed by atoms with Crippen molar-refractivity contribution in [2.24, 2.45) is 0 Å². The van der Waals surface area contributed by atoms with Crippen molar-refractivity contribution < 1.29 is 27.5 Å². The number of carbonyl (C=O) groups excluding carboxylic acids is 2. The molecule has 4 aromatic rings. The molecular weight excluding hydrogens is 626 g/mol. The van der Waals surface area contributed by atoms with Crippen LogP contribution in [0.2, 0.25) is 5.02 Å². The first-order valence-electron chi connectivity index (χ1n) is 14.8. The van der Waals surface area contributed by atoms with Gasteiger partial charge in [-0.1, -0.05) is 79.2 Å². The number of para-hydroxylation sites is 2. The maximum Gasteiger partial charge on any atom is 0.264 e. The van der Waals surface area contributed by atoms with Gasteiger partial charge in [-0.2, -0.15) is 0 Å². The Morgan fingerprint density at radius 2 is 1.50 bits per heavy atom. The van der Waals surface area contributed by atoms with Gasteiger partial charge in [0.2, 0.25) is 11.8 Å². The number of anilines is 1. The van der Waals surface area contributed by atoms with Crippen LogP contribution in [-0.2, 0) is 32.6 Å².